The molecule has 0 radical (unpaired) electrons. The molecule has 1 aliphatic heterocycles. The molecule has 1 amide bonds. The van der Waals surface area contributed by atoms with Crippen LogP contribution in [0.3, 0.4) is 0 Å². The van der Waals surface area contributed by atoms with E-state index in [1.807, 2.05) is 6.20 Å². The molecule has 1 N–H and O–H groups in total. The molecule has 0 unspecified atom stereocenters. The van der Waals surface area contributed by atoms with E-state index >= 15 is 0 Å². The number of nitrogens with zero attached hydrogens (tertiary/aromatic N) is 1. The topological polar surface area (TPSA) is 42.0 Å². The molecule has 0 spiro atoms. The van der Waals surface area contributed by atoms with Crippen molar-refractivity contribution in [2.75, 3.05) is 0 Å². The first-order chi connectivity index (χ1) is 6.66. The maximum Gasteiger partial charge on any atom is 0.226 e. The fourth-order valence-electron chi connectivity index (χ4n) is 1.59. The van der Waals surface area contributed by atoms with Crippen LogP contribution in [-0.2, 0) is 17.8 Å². The Bertz CT molecular complexity index is 372. The molecule has 2 heterocycles. The number of aromatic nitrogens is 1. The minimum absolute atomic E-state index is 0.0716. The standard InChI is InChI=1S/C11H14N2O/c1-7(2)8-3-9-6-13-11(14)4-10(9)12-5-8/h3,5,7H,4,6H2,1-2H3,(H,13,14). The number of pyridine rings is 1. The van der Waals surface area contributed by atoms with Crippen LogP contribution in [0.15, 0.2) is 12.3 Å². The molecular formula is C11H14N2O. The highest BCUT2D eigenvalue weighted by Gasteiger charge is 2.16. The van der Waals surface area contributed by atoms with E-state index in [1.165, 1.54) is 5.56 Å². The van der Waals surface area contributed by atoms with Crippen LogP contribution in [0.5, 0.6) is 0 Å². The van der Waals surface area contributed by atoms with Crippen molar-refractivity contribution < 1.29 is 4.79 Å². The second kappa shape index (κ2) is 3.40. The van der Waals surface area contributed by atoms with Crippen molar-refractivity contribution in [3.05, 3.63) is 29.1 Å². The molecule has 1 aromatic rings. The number of hydrogen-bond acceptors (Lipinski definition) is 2. The molecular weight excluding hydrogens is 176 g/mol. The number of carbonyl (C=O) groups excluding carboxylic acids is 1. The molecule has 0 aliphatic carbocycles. The van der Waals surface area contributed by atoms with Gasteiger partial charge in [-0.1, -0.05) is 19.9 Å². The van der Waals surface area contributed by atoms with Gasteiger partial charge in [0.25, 0.3) is 0 Å². The van der Waals surface area contributed by atoms with Crippen molar-refractivity contribution in [3.63, 3.8) is 0 Å². The Morgan fingerprint density at radius 1 is 1.50 bits per heavy atom. The Balaban J connectivity index is 2.36. The Kier molecular flexibility index (Phi) is 2.23. The number of amides is 1. The summed E-state index contributed by atoms with van der Waals surface area (Å²) in [5, 5.41) is 2.83. The fraction of sp³-hybridized carbons (Fsp3) is 0.455. The van der Waals surface area contributed by atoms with E-state index in [0.717, 1.165) is 11.3 Å². The predicted molar refractivity (Wildman–Crippen MR) is 53.9 cm³/mol. The molecule has 0 saturated heterocycles. The van der Waals surface area contributed by atoms with Crippen molar-refractivity contribution in [1.82, 2.24) is 10.3 Å². The van der Waals surface area contributed by atoms with Gasteiger partial charge in [-0.3, -0.25) is 9.78 Å². The summed E-state index contributed by atoms with van der Waals surface area (Å²) in [6, 6.07) is 2.15. The van der Waals surface area contributed by atoms with E-state index in [4.69, 9.17) is 0 Å². The monoisotopic (exact) mass is 190 g/mol. The quantitative estimate of drug-likeness (QED) is 0.726. The summed E-state index contributed by atoms with van der Waals surface area (Å²) in [5.41, 5.74) is 3.33. The summed E-state index contributed by atoms with van der Waals surface area (Å²) in [6.07, 6.45) is 2.30. The van der Waals surface area contributed by atoms with Gasteiger partial charge in [-0.15, -0.1) is 0 Å². The lowest BCUT2D eigenvalue weighted by Crippen LogP contribution is -2.31. The predicted octanol–water partition coefficient (Wildman–Crippen LogP) is 1.38. The van der Waals surface area contributed by atoms with Crippen molar-refractivity contribution in [3.8, 4) is 0 Å². The minimum atomic E-state index is 0.0716. The van der Waals surface area contributed by atoms with Crippen molar-refractivity contribution >= 4 is 5.91 Å². The molecule has 1 aromatic heterocycles. The Hall–Kier alpha value is -1.38. The number of fused-ring (bicyclic) bond motifs is 1. The molecule has 0 fully saturated rings. The highest BCUT2D eigenvalue weighted by Crippen LogP contribution is 2.18. The zero-order valence-corrected chi connectivity index (χ0v) is 8.50. The smallest absolute Gasteiger partial charge is 0.226 e. The number of nitrogens with one attached hydrogen (secondary N) is 1. The third-order valence-corrected chi connectivity index (χ3v) is 2.55. The van der Waals surface area contributed by atoms with E-state index in [9.17, 15) is 4.79 Å². The first kappa shape index (κ1) is 9.19. The average molecular weight is 190 g/mol. The third kappa shape index (κ3) is 1.62. The summed E-state index contributed by atoms with van der Waals surface area (Å²) < 4.78 is 0. The van der Waals surface area contributed by atoms with Gasteiger partial charge in [-0.05, 0) is 17.0 Å². The van der Waals surface area contributed by atoms with Crippen LogP contribution in [0.1, 0.15) is 36.6 Å². The van der Waals surface area contributed by atoms with Crippen molar-refractivity contribution in [2.24, 2.45) is 0 Å². The number of hydrogen-bond donors (Lipinski definition) is 1. The summed E-state index contributed by atoms with van der Waals surface area (Å²) in [7, 11) is 0. The summed E-state index contributed by atoms with van der Waals surface area (Å²) in [6.45, 7) is 4.91. The van der Waals surface area contributed by atoms with Crippen LogP contribution in [0, 0.1) is 0 Å². The Morgan fingerprint density at radius 3 is 3.00 bits per heavy atom. The van der Waals surface area contributed by atoms with Gasteiger partial charge >= 0.3 is 0 Å². The normalized spacial score (nSPS) is 15.2. The van der Waals surface area contributed by atoms with E-state index in [2.05, 4.69) is 30.2 Å². The molecule has 0 bridgehead atoms. The van der Waals surface area contributed by atoms with Crippen LogP contribution in [0.2, 0.25) is 0 Å². The van der Waals surface area contributed by atoms with Gasteiger partial charge in [0.1, 0.15) is 0 Å². The van der Waals surface area contributed by atoms with Crippen LogP contribution in [-0.4, -0.2) is 10.9 Å². The van der Waals surface area contributed by atoms with E-state index < -0.39 is 0 Å². The average Bonchev–Trinajstić information content (AvgIpc) is 2.16. The molecule has 2 rings (SSSR count). The molecule has 14 heavy (non-hydrogen) atoms. The second-order valence-corrected chi connectivity index (χ2v) is 3.98. The Labute approximate surface area is 83.5 Å². The first-order valence-corrected chi connectivity index (χ1v) is 4.91. The second-order valence-electron chi connectivity index (χ2n) is 3.98. The fourth-order valence-corrected chi connectivity index (χ4v) is 1.59. The van der Waals surface area contributed by atoms with Crippen molar-refractivity contribution in [1.29, 1.82) is 0 Å². The summed E-state index contributed by atoms with van der Waals surface area (Å²) >= 11 is 0. The first-order valence-electron chi connectivity index (χ1n) is 4.91. The third-order valence-electron chi connectivity index (χ3n) is 2.55. The maximum absolute atomic E-state index is 11.1. The molecule has 74 valence electrons. The van der Waals surface area contributed by atoms with Gasteiger partial charge in [-0.2, -0.15) is 0 Å². The van der Waals surface area contributed by atoms with Gasteiger partial charge in [0.2, 0.25) is 5.91 Å². The van der Waals surface area contributed by atoms with Gasteiger partial charge in [-0.25, -0.2) is 0 Å². The van der Waals surface area contributed by atoms with E-state index in [1.54, 1.807) is 0 Å². The lowest BCUT2D eigenvalue weighted by atomic mass is 9.99. The van der Waals surface area contributed by atoms with Crippen LogP contribution in [0.4, 0.5) is 0 Å². The molecule has 0 atom stereocenters. The SMILES string of the molecule is CC(C)c1cnc2c(c1)CNC(=O)C2. The minimum Gasteiger partial charge on any atom is -0.352 e. The van der Waals surface area contributed by atoms with Crippen LogP contribution < -0.4 is 5.32 Å². The zero-order valence-electron chi connectivity index (χ0n) is 8.50. The lowest BCUT2D eigenvalue weighted by molar-refractivity contribution is -0.121. The Morgan fingerprint density at radius 2 is 2.29 bits per heavy atom. The van der Waals surface area contributed by atoms with Gasteiger partial charge < -0.3 is 5.32 Å². The maximum atomic E-state index is 11.1. The lowest BCUT2D eigenvalue weighted by Gasteiger charge is -2.17. The number of carbonyl (C=O) groups is 1. The van der Waals surface area contributed by atoms with E-state index in [-0.39, 0.29) is 5.91 Å². The highest BCUT2D eigenvalue weighted by atomic mass is 16.1. The molecule has 3 nitrogen and oxygen atoms in total. The van der Waals surface area contributed by atoms with Crippen LogP contribution >= 0.6 is 0 Å². The molecule has 0 aromatic carbocycles. The molecule has 1 aliphatic rings. The number of rotatable bonds is 1. The van der Waals surface area contributed by atoms with Crippen molar-refractivity contribution in [2.45, 2.75) is 32.7 Å². The van der Waals surface area contributed by atoms with Gasteiger partial charge in [0.05, 0.1) is 12.1 Å². The van der Waals surface area contributed by atoms with E-state index in [0.29, 0.717) is 18.9 Å². The molecule has 0 saturated carbocycles. The summed E-state index contributed by atoms with van der Waals surface area (Å²) in [5.74, 6) is 0.563. The van der Waals surface area contributed by atoms with Crippen LogP contribution in [0.25, 0.3) is 0 Å². The highest BCUT2D eigenvalue weighted by molar-refractivity contribution is 5.80. The molecule has 3 heteroatoms. The largest absolute Gasteiger partial charge is 0.352 e. The zero-order chi connectivity index (χ0) is 10.1. The van der Waals surface area contributed by atoms with Gasteiger partial charge in [0, 0.05) is 12.7 Å². The summed E-state index contributed by atoms with van der Waals surface area (Å²) in [4.78, 5) is 15.4. The van der Waals surface area contributed by atoms with Gasteiger partial charge in [0.15, 0.2) is 0 Å².